The lowest BCUT2D eigenvalue weighted by Crippen LogP contribution is -2.41. The Kier molecular flexibility index (Phi) is 6.83. The molecule has 2 fully saturated rings. The normalized spacial score (nSPS) is 33.8. The molecule has 4 atom stereocenters. The Morgan fingerprint density at radius 3 is 0.955 bits per heavy atom. The fourth-order valence-corrected chi connectivity index (χ4v) is 13.2. The fraction of sp³-hybridized carbons (Fsp3) is 1.00. The zero-order chi connectivity index (χ0) is 16.6. The molecule has 0 bridgehead atoms. The molecule has 0 aliphatic carbocycles. The molecule has 0 radical (unpaired) electrons. The second-order valence-corrected chi connectivity index (χ2v) is 14.8. The number of hydrogen-bond donors (Lipinski definition) is 0. The summed E-state index contributed by atoms with van der Waals surface area (Å²) < 4.78 is 0. The number of hydrogen-bond acceptors (Lipinski definition) is 0. The van der Waals surface area contributed by atoms with Crippen molar-refractivity contribution < 1.29 is 0 Å². The molecule has 2 rings (SSSR count). The van der Waals surface area contributed by atoms with E-state index in [1.807, 2.05) is 0 Å². The van der Waals surface area contributed by atoms with Crippen molar-refractivity contribution in [3.63, 3.8) is 0 Å². The molecule has 2 saturated heterocycles. The molecule has 0 aromatic heterocycles. The standard InChI is InChI=1S/C20H40P2/c1-13(2)17-11-18(14(3)4)21(17)9-10-22-19(15(5)6)12-20(22)16(7)8/h13-20H,9-12H2,1-8H3/t17-,18-,19-,20-/m1/s1. The van der Waals surface area contributed by atoms with E-state index in [-0.39, 0.29) is 0 Å². The van der Waals surface area contributed by atoms with E-state index >= 15 is 0 Å². The molecule has 2 heteroatoms. The van der Waals surface area contributed by atoms with Crippen LogP contribution in [0.15, 0.2) is 0 Å². The van der Waals surface area contributed by atoms with Crippen LogP contribution in [0.2, 0.25) is 0 Å². The number of rotatable bonds is 7. The molecule has 2 aliphatic heterocycles. The van der Waals surface area contributed by atoms with Crippen LogP contribution in [-0.2, 0) is 0 Å². The molecule has 130 valence electrons. The van der Waals surface area contributed by atoms with Crippen LogP contribution in [0.1, 0.15) is 68.2 Å². The molecule has 0 N–H and O–H groups in total. The first-order valence-corrected chi connectivity index (χ1v) is 13.1. The third kappa shape index (κ3) is 3.91. The second-order valence-electron chi connectivity index (χ2n) is 9.19. The molecule has 2 heterocycles. The van der Waals surface area contributed by atoms with Gasteiger partial charge in [0, 0.05) is 0 Å². The smallest absolute Gasteiger partial charge is 0.0177 e. The highest BCUT2D eigenvalue weighted by molar-refractivity contribution is 7.64. The topological polar surface area (TPSA) is 0 Å². The largest absolute Gasteiger partial charge is 0.0994 e. The lowest BCUT2D eigenvalue weighted by molar-refractivity contribution is 0.439. The van der Waals surface area contributed by atoms with Crippen LogP contribution in [-0.4, -0.2) is 35.0 Å². The lowest BCUT2D eigenvalue weighted by atomic mass is 9.98. The summed E-state index contributed by atoms with van der Waals surface area (Å²) in [7, 11) is 0.663. The van der Waals surface area contributed by atoms with Gasteiger partial charge < -0.3 is 0 Å². The summed E-state index contributed by atoms with van der Waals surface area (Å²) in [5, 5.41) is 0. The first-order chi connectivity index (χ1) is 10.2. The van der Waals surface area contributed by atoms with Crippen molar-refractivity contribution in [1.82, 2.24) is 0 Å². The van der Waals surface area contributed by atoms with Gasteiger partial charge in [0.15, 0.2) is 0 Å². The van der Waals surface area contributed by atoms with E-state index in [1.54, 1.807) is 25.2 Å². The van der Waals surface area contributed by atoms with Gasteiger partial charge in [0.1, 0.15) is 0 Å². The van der Waals surface area contributed by atoms with Crippen molar-refractivity contribution in [3.8, 4) is 0 Å². The van der Waals surface area contributed by atoms with Gasteiger partial charge in [0.2, 0.25) is 0 Å². The zero-order valence-electron chi connectivity index (χ0n) is 16.3. The molecule has 0 saturated carbocycles. The summed E-state index contributed by atoms with van der Waals surface area (Å²) >= 11 is 0. The van der Waals surface area contributed by atoms with Crippen molar-refractivity contribution >= 4 is 15.8 Å². The minimum Gasteiger partial charge on any atom is -0.0994 e. The third-order valence-corrected chi connectivity index (χ3v) is 14.8. The summed E-state index contributed by atoms with van der Waals surface area (Å²) in [6, 6.07) is 0. The first kappa shape index (κ1) is 19.2. The third-order valence-electron chi connectivity index (χ3n) is 6.36. The lowest BCUT2D eigenvalue weighted by Gasteiger charge is -2.54. The van der Waals surface area contributed by atoms with Crippen LogP contribution < -0.4 is 0 Å². The van der Waals surface area contributed by atoms with E-state index in [9.17, 15) is 0 Å². The molecule has 2 aliphatic rings. The molecule has 0 spiro atoms. The van der Waals surface area contributed by atoms with Gasteiger partial charge in [-0.1, -0.05) is 71.2 Å². The van der Waals surface area contributed by atoms with Crippen molar-refractivity contribution in [3.05, 3.63) is 0 Å². The Morgan fingerprint density at radius 1 is 0.545 bits per heavy atom. The highest BCUT2D eigenvalue weighted by Gasteiger charge is 2.46. The SMILES string of the molecule is CC(C)[C@H]1C[C@H](C(C)C)P1CCP1[C@@H](C(C)C)C[C@@H]1C(C)C. The zero-order valence-corrected chi connectivity index (χ0v) is 18.1. The monoisotopic (exact) mass is 342 g/mol. The molecule has 0 aromatic rings. The predicted molar refractivity (Wildman–Crippen MR) is 107 cm³/mol. The average molecular weight is 342 g/mol. The minimum absolute atomic E-state index is 0.332. The van der Waals surface area contributed by atoms with Gasteiger partial charge in [-0.2, -0.15) is 0 Å². The summed E-state index contributed by atoms with van der Waals surface area (Å²) in [6.07, 6.45) is 6.30. The Balaban J connectivity index is 1.93. The van der Waals surface area contributed by atoms with Gasteiger partial charge in [-0.3, -0.25) is 0 Å². The second kappa shape index (κ2) is 7.83. The quantitative estimate of drug-likeness (QED) is 0.443. The molecule has 0 amide bonds. The molecule has 22 heavy (non-hydrogen) atoms. The van der Waals surface area contributed by atoms with E-state index in [2.05, 4.69) is 55.4 Å². The van der Waals surface area contributed by atoms with Crippen LogP contribution >= 0.6 is 15.8 Å². The van der Waals surface area contributed by atoms with E-state index in [1.165, 1.54) is 0 Å². The van der Waals surface area contributed by atoms with E-state index in [4.69, 9.17) is 0 Å². The molecule has 0 nitrogen and oxygen atoms in total. The van der Waals surface area contributed by atoms with Crippen LogP contribution in [0, 0.1) is 23.7 Å². The molecular weight excluding hydrogens is 302 g/mol. The van der Waals surface area contributed by atoms with Crippen LogP contribution in [0.3, 0.4) is 0 Å². The Hall–Kier alpha value is 0.860. The Morgan fingerprint density at radius 2 is 0.773 bits per heavy atom. The van der Waals surface area contributed by atoms with Gasteiger partial charge in [-0.05, 0) is 71.5 Å². The first-order valence-electron chi connectivity index (χ1n) is 9.75. The molecule has 0 unspecified atom stereocenters. The maximum atomic E-state index is 2.47. The fourth-order valence-electron chi connectivity index (χ4n) is 4.77. The maximum absolute atomic E-state index is 2.47. The van der Waals surface area contributed by atoms with E-state index in [0.717, 1.165) is 46.3 Å². The maximum Gasteiger partial charge on any atom is -0.0177 e. The van der Waals surface area contributed by atoms with Gasteiger partial charge in [-0.25, -0.2) is 0 Å². The van der Waals surface area contributed by atoms with Crippen molar-refractivity contribution in [2.45, 2.75) is 90.9 Å². The van der Waals surface area contributed by atoms with Gasteiger partial charge >= 0.3 is 0 Å². The molecule has 0 aromatic carbocycles. The van der Waals surface area contributed by atoms with Gasteiger partial charge in [0.05, 0.1) is 0 Å². The Labute approximate surface area is 143 Å². The van der Waals surface area contributed by atoms with Crippen molar-refractivity contribution in [2.75, 3.05) is 12.3 Å². The van der Waals surface area contributed by atoms with Crippen molar-refractivity contribution in [2.24, 2.45) is 23.7 Å². The van der Waals surface area contributed by atoms with Gasteiger partial charge in [0.25, 0.3) is 0 Å². The van der Waals surface area contributed by atoms with Crippen LogP contribution in [0.5, 0.6) is 0 Å². The predicted octanol–water partition coefficient (Wildman–Crippen LogP) is 6.86. The summed E-state index contributed by atoms with van der Waals surface area (Å²) in [5.74, 6) is 3.71. The van der Waals surface area contributed by atoms with Gasteiger partial charge in [-0.15, -0.1) is 0 Å². The van der Waals surface area contributed by atoms with E-state index in [0.29, 0.717) is 15.8 Å². The van der Waals surface area contributed by atoms with Crippen LogP contribution in [0.4, 0.5) is 0 Å². The summed E-state index contributed by atoms with van der Waals surface area (Å²) in [5.41, 5.74) is 4.37. The molecular formula is C20H40P2. The summed E-state index contributed by atoms with van der Waals surface area (Å²) in [4.78, 5) is 0. The van der Waals surface area contributed by atoms with Crippen molar-refractivity contribution in [1.29, 1.82) is 0 Å². The highest BCUT2D eigenvalue weighted by atomic mass is 31.1. The Bertz CT molecular complexity index is 286. The summed E-state index contributed by atoms with van der Waals surface area (Å²) in [6.45, 7) is 19.8. The highest BCUT2D eigenvalue weighted by Crippen LogP contribution is 2.69. The minimum atomic E-state index is 0.332. The van der Waals surface area contributed by atoms with E-state index < -0.39 is 0 Å². The average Bonchev–Trinajstić information content (AvgIpc) is 2.29. The van der Waals surface area contributed by atoms with Crippen LogP contribution in [0.25, 0.3) is 0 Å².